The van der Waals surface area contributed by atoms with Gasteiger partial charge in [0.1, 0.15) is 6.10 Å². The van der Waals surface area contributed by atoms with E-state index < -0.39 is 6.10 Å². The van der Waals surface area contributed by atoms with Gasteiger partial charge in [-0.2, -0.15) is 0 Å². The zero-order valence-electron chi connectivity index (χ0n) is 10.7. The number of rotatable bonds is 3. The smallest absolute Gasteiger partial charge is 0.113 e. The molecule has 0 amide bonds. The molecule has 0 aliphatic heterocycles. The third-order valence-corrected chi connectivity index (χ3v) is 4.48. The summed E-state index contributed by atoms with van der Waals surface area (Å²) in [7, 11) is 0. The van der Waals surface area contributed by atoms with Gasteiger partial charge in [-0.15, -0.1) is 11.3 Å². The maximum Gasteiger partial charge on any atom is 0.113 e. The number of thiophene rings is 1. The Morgan fingerprint density at radius 2 is 1.45 bits per heavy atom. The van der Waals surface area contributed by atoms with E-state index in [4.69, 9.17) is 11.6 Å². The molecule has 3 heteroatoms. The zero-order valence-corrected chi connectivity index (χ0v) is 12.2. The Balaban J connectivity index is 1.86. The normalized spacial score (nSPS) is 12.3. The van der Waals surface area contributed by atoms with Crippen molar-refractivity contribution in [3.8, 4) is 11.1 Å². The molecule has 100 valence electrons. The van der Waals surface area contributed by atoms with Crippen LogP contribution in [0.3, 0.4) is 0 Å². The van der Waals surface area contributed by atoms with E-state index in [1.54, 1.807) is 0 Å². The Morgan fingerprint density at radius 1 is 0.800 bits per heavy atom. The second-order valence-electron chi connectivity index (χ2n) is 4.53. The summed E-state index contributed by atoms with van der Waals surface area (Å²) in [6, 6.07) is 21.8. The minimum atomic E-state index is -0.614. The summed E-state index contributed by atoms with van der Waals surface area (Å²) in [6.07, 6.45) is -0.614. The van der Waals surface area contributed by atoms with Gasteiger partial charge in [-0.3, -0.25) is 0 Å². The summed E-state index contributed by atoms with van der Waals surface area (Å²) >= 11 is 7.31. The van der Waals surface area contributed by atoms with Crippen LogP contribution in [0.15, 0.2) is 66.7 Å². The number of aliphatic hydroxyl groups excluding tert-OH is 1. The molecule has 0 bridgehead atoms. The van der Waals surface area contributed by atoms with Crippen LogP contribution in [0.1, 0.15) is 16.5 Å². The fourth-order valence-electron chi connectivity index (χ4n) is 2.13. The molecule has 0 aliphatic carbocycles. The van der Waals surface area contributed by atoms with Gasteiger partial charge in [0.25, 0.3) is 0 Å². The number of benzene rings is 2. The van der Waals surface area contributed by atoms with E-state index in [0.29, 0.717) is 4.34 Å². The molecule has 0 saturated heterocycles. The van der Waals surface area contributed by atoms with E-state index >= 15 is 0 Å². The van der Waals surface area contributed by atoms with E-state index in [0.717, 1.165) is 16.0 Å². The van der Waals surface area contributed by atoms with Crippen molar-refractivity contribution < 1.29 is 5.11 Å². The second-order valence-corrected chi connectivity index (χ2v) is 6.28. The molecule has 0 spiro atoms. The van der Waals surface area contributed by atoms with Crippen molar-refractivity contribution in [1.29, 1.82) is 0 Å². The van der Waals surface area contributed by atoms with E-state index in [1.807, 2.05) is 54.6 Å². The molecule has 3 aromatic rings. The maximum atomic E-state index is 10.3. The molecule has 1 heterocycles. The molecule has 1 nitrogen and oxygen atoms in total. The van der Waals surface area contributed by atoms with Gasteiger partial charge in [-0.05, 0) is 28.8 Å². The quantitative estimate of drug-likeness (QED) is 0.709. The summed E-state index contributed by atoms with van der Waals surface area (Å²) in [5.41, 5.74) is 3.20. The fraction of sp³-hybridized carbons (Fsp3) is 0.0588. The van der Waals surface area contributed by atoms with Crippen molar-refractivity contribution in [2.75, 3.05) is 0 Å². The first-order valence-electron chi connectivity index (χ1n) is 6.33. The van der Waals surface area contributed by atoms with Crippen molar-refractivity contribution in [3.05, 3.63) is 81.5 Å². The van der Waals surface area contributed by atoms with Gasteiger partial charge in [0.15, 0.2) is 0 Å². The molecule has 0 saturated carbocycles. The van der Waals surface area contributed by atoms with Crippen LogP contribution in [0.5, 0.6) is 0 Å². The van der Waals surface area contributed by atoms with Gasteiger partial charge in [0.05, 0.1) is 4.34 Å². The fourth-order valence-corrected chi connectivity index (χ4v) is 3.20. The van der Waals surface area contributed by atoms with Crippen molar-refractivity contribution in [3.63, 3.8) is 0 Å². The van der Waals surface area contributed by atoms with E-state index in [1.165, 1.54) is 16.9 Å². The van der Waals surface area contributed by atoms with Crippen molar-refractivity contribution >= 4 is 22.9 Å². The third kappa shape index (κ3) is 2.78. The first kappa shape index (κ1) is 13.4. The van der Waals surface area contributed by atoms with Gasteiger partial charge in [-0.25, -0.2) is 0 Å². The molecular weight excluding hydrogens is 288 g/mol. The Hall–Kier alpha value is -1.61. The van der Waals surface area contributed by atoms with Crippen LogP contribution in [0.25, 0.3) is 11.1 Å². The molecule has 1 unspecified atom stereocenters. The van der Waals surface area contributed by atoms with Gasteiger partial charge in [-0.1, -0.05) is 66.2 Å². The van der Waals surface area contributed by atoms with Gasteiger partial charge in [0, 0.05) is 4.88 Å². The number of aliphatic hydroxyl groups is 1. The second kappa shape index (κ2) is 5.80. The third-order valence-electron chi connectivity index (χ3n) is 3.20. The number of hydrogen-bond acceptors (Lipinski definition) is 2. The SMILES string of the molecule is OC(c1ccc(-c2ccccc2)cc1)c1ccc(Cl)s1. The molecule has 1 atom stereocenters. The summed E-state index contributed by atoms with van der Waals surface area (Å²) in [4.78, 5) is 0.863. The minimum absolute atomic E-state index is 0.614. The monoisotopic (exact) mass is 300 g/mol. The van der Waals surface area contributed by atoms with Gasteiger partial charge < -0.3 is 5.11 Å². The average Bonchev–Trinajstić information content (AvgIpc) is 2.94. The Morgan fingerprint density at radius 3 is 2.05 bits per heavy atom. The topological polar surface area (TPSA) is 20.2 Å². The van der Waals surface area contributed by atoms with Crippen LogP contribution in [0, 0.1) is 0 Å². The van der Waals surface area contributed by atoms with Crippen LogP contribution < -0.4 is 0 Å². The van der Waals surface area contributed by atoms with Crippen LogP contribution >= 0.6 is 22.9 Å². The van der Waals surface area contributed by atoms with Crippen molar-refractivity contribution in [2.45, 2.75) is 6.10 Å². The molecule has 0 fully saturated rings. The first-order valence-corrected chi connectivity index (χ1v) is 7.52. The Kier molecular flexibility index (Phi) is 3.88. The van der Waals surface area contributed by atoms with Crippen molar-refractivity contribution in [2.24, 2.45) is 0 Å². The molecule has 20 heavy (non-hydrogen) atoms. The zero-order chi connectivity index (χ0) is 13.9. The highest BCUT2D eigenvalue weighted by atomic mass is 35.5. The lowest BCUT2D eigenvalue weighted by atomic mass is 10.0. The lowest BCUT2D eigenvalue weighted by Crippen LogP contribution is -1.96. The summed E-state index contributed by atoms with van der Waals surface area (Å²) in [5.74, 6) is 0. The molecule has 2 aromatic carbocycles. The molecular formula is C17H13ClOS. The summed E-state index contributed by atoms with van der Waals surface area (Å²) in [5, 5.41) is 10.3. The predicted octanol–water partition coefficient (Wildman–Crippen LogP) is 5.15. The van der Waals surface area contributed by atoms with Gasteiger partial charge in [0.2, 0.25) is 0 Å². The molecule has 1 aromatic heterocycles. The number of hydrogen-bond donors (Lipinski definition) is 1. The molecule has 0 aliphatic rings. The lowest BCUT2D eigenvalue weighted by Gasteiger charge is -2.10. The van der Waals surface area contributed by atoms with Crippen LogP contribution in [0.4, 0.5) is 0 Å². The molecule has 1 N–H and O–H groups in total. The van der Waals surface area contributed by atoms with E-state index in [2.05, 4.69) is 12.1 Å². The summed E-state index contributed by atoms with van der Waals surface area (Å²) in [6.45, 7) is 0. The van der Waals surface area contributed by atoms with Crippen LogP contribution in [0.2, 0.25) is 4.34 Å². The van der Waals surface area contributed by atoms with E-state index in [9.17, 15) is 5.11 Å². The minimum Gasteiger partial charge on any atom is -0.383 e. The Bertz CT molecular complexity index is 689. The molecule has 3 rings (SSSR count). The maximum absolute atomic E-state index is 10.3. The van der Waals surface area contributed by atoms with Crippen molar-refractivity contribution in [1.82, 2.24) is 0 Å². The predicted molar refractivity (Wildman–Crippen MR) is 85.3 cm³/mol. The van der Waals surface area contributed by atoms with E-state index in [-0.39, 0.29) is 0 Å². The highest BCUT2D eigenvalue weighted by Gasteiger charge is 2.12. The van der Waals surface area contributed by atoms with Crippen LogP contribution in [-0.4, -0.2) is 5.11 Å². The Labute approximate surface area is 127 Å². The molecule has 0 radical (unpaired) electrons. The highest BCUT2D eigenvalue weighted by Crippen LogP contribution is 2.31. The first-order chi connectivity index (χ1) is 9.74. The largest absolute Gasteiger partial charge is 0.383 e. The number of halogens is 1. The van der Waals surface area contributed by atoms with Crippen LogP contribution in [-0.2, 0) is 0 Å². The van der Waals surface area contributed by atoms with Gasteiger partial charge >= 0.3 is 0 Å². The summed E-state index contributed by atoms with van der Waals surface area (Å²) < 4.78 is 0.694. The highest BCUT2D eigenvalue weighted by molar-refractivity contribution is 7.16. The standard InChI is InChI=1S/C17H13ClOS/c18-16-11-10-15(20-16)17(19)14-8-6-13(7-9-14)12-4-2-1-3-5-12/h1-11,17,19H. The lowest BCUT2D eigenvalue weighted by molar-refractivity contribution is 0.224. The average molecular weight is 301 g/mol.